The molecule has 1 rings (SSSR count). The van der Waals surface area contributed by atoms with Crippen LogP contribution in [0, 0.1) is 0 Å². The highest BCUT2D eigenvalue weighted by Gasteiger charge is 2.03. The Bertz CT molecular complexity index is 424. The van der Waals surface area contributed by atoms with Crippen LogP contribution in [0.4, 0.5) is 0 Å². The van der Waals surface area contributed by atoms with Crippen LogP contribution < -0.4 is 16.0 Å². The van der Waals surface area contributed by atoms with Crippen LogP contribution >= 0.6 is 24.0 Å². The van der Waals surface area contributed by atoms with Crippen molar-refractivity contribution in [2.45, 2.75) is 24.8 Å². The minimum absolute atomic E-state index is 0.0530. The molecule has 0 fully saturated rings. The van der Waals surface area contributed by atoms with Crippen molar-refractivity contribution in [3.63, 3.8) is 0 Å². The van der Waals surface area contributed by atoms with E-state index in [1.54, 1.807) is 11.8 Å². The fourth-order valence-corrected chi connectivity index (χ4v) is 2.41. The predicted octanol–water partition coefficient (Wildman–Crippen LogP) is 1.77. The molecule has 0 radical (unpaired) electrons. The number of carbonyl (C=O) groups excluding carboxylic acids is 1. The number of rotatable bonds is 7. The monoisotopic (exact) mass is 311 g/mol. The maximum atomic E-state index is 11.4. The van der Waals surface area contributed by atoms with Gasteiger partial charge in [-0.25, -0.2) is 0 Å². The molecule has 0 heterocycles. The smallest absolute Gasteiger partial charge is 0.239 e. The van der Waals surface area contributed by atoms with E-state index in [0.29, 0.717) is 5.11 Å². The van der Waals surface area contributed by atoms with E-state index in [-0.39, 0.29) is 18.5 Å². The lowest BCUT2D eigenvalue weighted by atomic mass is 10.4. The van der Waals surface area contributed by atoms with Gasteiger partial charge in [0.05, 0.1) is 6.54 Å². The molecule has 0 aliphatic heterocycles. The van der Waals surface area contributed by atoms with Gasteiger partial charge in [0.15, 0.2) is 5.11 Å². The Hall–Kier alpha value is -1.27. The molecule has 0 aliphatic rings. The van der Waals surface area contributed by atoms with Crippen LogP contribution in [0.5, 0.6) is 0 Å². The standard InChI is InChI=1S/C14H21N3OS2/c1-11(2)17-13(18)10-16-14(19)15-8-9-20-12-6-4-3-5-7-12/h3-7,11H,8-10H2,1-2H3,(H,17,18)(H2,15,16,19). The molecule has 0 bridgehead atoms. The average molecular weight is 311 g/mol. The van der Waals surface area contributed by atoms with Crippen LogP contribution in [0.25, 0.3) is 0 Å². The van der Waals surface area contributed by atoms with Crippen LogP contribution in [0.15, 0.2) is 35.2 Å². The number of nitrogens with one attached hydrogen (secondary N) is 3. The summed E-state index contributed by atoms with van der Waals surface area (Å²) in [5.74, 6) is 0.868. The van der Waals surface area contributed by atoms with E-state index in [2.05, 4.69) is 28.1 Å². The molecule has 0 saturated carbocycles. The molecule has 4 nitrogen and oxygen atoms in total. The molecule has 0 unspecified atom stereocenters. The highest BCUT2D eigenvalue weighted by molar-refractivity contribution is 7.99. The first kappa shape index (κ1) is 16.8. The molecule has 0 spiro atoms. The Labute approximate surface area is 130 Å². The summed E-state index contributed by atoms with van der Waals surface area (Å²) in [6, 6.07) is 10.4. The third kappa shape index (κ3) is 8.01. The fraction of sp³-hybridized carbons (Fsp3) is 0.429. The molecular formula is C14H21N3OS2. The van der Waals surface area contributed by atoms with E-state index in [1.807, 2.05) is 32.0 Å². The summed E-state index contributed by atoms with van der Waals surface area (Å²) in [5, 5.41) is 9.27. The summed E-state index contributed by atoms with van der Waals surface area (Å²) in [7, 11) is 0. The Morgan fingerprint density at radius 2 is 1.95 bits per heavy atom. The second kappa shape index (κ2) is 9.61. The van der Waals surface area contributed by atoms with Crippen LogP contribution in [0.1, 0.15) is 13.8 Å². The quantitative estimate of drug-likeness (QED) is 0.407. The van der Waals surface area contributed by atoms with Gasteiger partial charge in [0.1, 0.15) is 0 Å². The van der Waals surface area contributed by atoms with Crippen molar-refractivity contribution in [2.75, 3.05) is 18.8 Å². The molecule has 3 N–H and O–H groups in total. The Kier molecular flexibility index (Phi) is 8.06. The van der Waals surface area contributed by atoms with Gasteiger partial charge >= 0.3 is 0 Å². The van der Waals surface area contributed by atoms with Gasteiger partial charge < -0.3 is 16.0 Å². The van der Waals surface area contributed by atoms with E-state index in [4.69, 9.17) is 12.2 Å². The van der Waals surface area contributed by atoms with Gasteiger partial charge in [-0.2, -0.15) is 0 Å². The number of hydrogen-bond acceptors (Lipinski definition) is 3. The normalized spacial score (nSPS) is 10.2. The lowest BCUT2D eigenvalue weighted by Gasteiger charge is -2.12. The van der Waals surface area contributed by atoms with Crippen molar-refractivity contribution in [2.24, 2.45) is 0 Å². The summed E-state index contributed by atoms with van der Waals surface area (Å²) < 4.78 is 0. The van der Waals surface area contributed by atoms with Gasteiger partial charge in [0.25, 0.3) is 0 Å². The fourth-order valence-electron chi connectivity index (χ4n) is 1.45. The number of benzene rings is 1. The van der Waals surface area contributed by atoms with Crippen LogP contribution in [-0.4, -0.2) is 35.9 Å². The molecule has 0 aromatic heterocycles. The van der Waals surface area contributed by atoms with E-state index in [0.717, 1.165) is 12.3 Å². The van der Waals surface area contributed by atoms with E-state index >= 15 is 0 Å². The molecule has 1 aromatic rings. The van der Waals surface area contributed by atoms with Crippen molar-refractivity contribution < 1.29 is 4.79 Å². The number of amides is 1. The zero-order chi connectivity index (χ0) is 14.8. The number of thioether (sulfide) groups is 1. The second-order valence-corrected chi connectivity index (χ2v) is 6.07. The summed E-state index contributed by atoms with van der Waals surface area (Å²) in [6.45, 7) is 4.82. The largest absolute Gasteiger partial charge is 0.362 e. The van der Waals surface area contributed by atoms with Gasteiger partial charge in [-0.05, 0) is 38.2 Å². The summed E-state index contributed by atoms with van der Waals surface area (Å²) in [6.07, 6.45) is 0. The van der Waals surface area contributed by atoms with Crippen LogP contribution in [-0.2, 0) is 4.79 Å². The minimum atomic E-state index is -0.0530. The molecule has 0 aliphatic carbocycles. The van der Waals surface area contributed by atoms with Crippen LogP contribution in [0.2, 0.25) is 0 Å². The Balaban J connectivity index is 2.07. The zero-order valence-corrected chi connectivity index (χ0v) is 13.4. The van der Waals surface area contributed by atoms with Crippen molar-refractivity contribution in [1.29, 1.82) is 0 Å². The van der Waals surface area contributed by atoms with Crippen molar-refractivity contribution in [3.8, 4) is 0 Å². The lowest BCUT2D eigenvalue weighted by molar-refractivity contribution is -0.120. The first-order valence-corrected chi connectivity index (χ1v) is 7.96. The predicted molar refractivity (Wildman–Crippen MR) is 89.0 cm³/mol. The highest BCUT2D eigenvalue weighted by atomic mass is 32.2. The maximum Gasteiger partial charge on any atom is 0.239 e. The summed E-state index contributed by atoms with van der Waals surface area (Å²) in [4.78, 5) is 12.6. The molecular weight excluding hydrogens is 290 g/mol. The third-order valence-electron chi connectivity index (χ3n) is 2.26. The average Bonchev–Trinajstić information content (AvgIpc) is 2.42. The first-order chi connectivity index (χ1) is 9.58. The van der Waals surface area contributed by atoms with Gasteiger partial charge in [-0.15, -0.1) is 11.8 Å². The first-order valence-electron chi connectivity index (χ1n) is 6.57. The lowest BCUT2D eigenvalue weighted by Crippen LogP contribution is -2.43. The SMILES string of the molecule is CC(C)NC(=O)CNC(=S)NCCSc1ccccc1. The van der Waals surface area contributed by atoms with Gasteiger partial charge in [-0.3, -0.25) is 4.79 Å². The topological polar surface area (TPSA) is 53.2 Å². The number of hydrogen-bond donors (Lipinski definition) is 3. The van der Waals surface area contributed by atoms with Gasteiger partial charge in [0, 0.05) is 23.2 Å². The van der Waals surface area contributed by atoms with Gasteiger partial charge in [-0.1, -0.05) is 18.2 Å². The molecule has 0 saturated heterocycles. The summed E-state index contributed by atoms with van der Waals surface area (Å²) >= 11 is 6.87. The molecule has 1 amide bonds. The van der Waals surface area contributed by atoms with Crippen molar-refractivity contribution in [3.05, 3.63) is 30.3 Å². The van der Waals surface area contributed by atoms with E-state index < -0.39 is 0 Å². The van der Waals surface area contributed by atoms with E-state index in [1.165, 1.54) is 4.90 Å². The molecule has 6 heteroatoms. The van der Waals surface area contributed by atoms with Crippen molar-refractivity contribution in [1.82, 2.24) is 16.0 Å². The van der Waals surface area contributed by atoms with E-state index in [9.17, 15) is 4.79 Å². The van der Waals surface area contributed by atoms with Crippen molar-refractivity contribution >= 4 is 35.0 Å². The Morgan fingerprint density at radius 3 is 2.60 bits per heavy atom. The molecule has 20 heavy (non-hydrogen) atoms. The molecule has 0 atom stereocenters. The second-order valence-electron chi connectivity index (χ2n) is 4.49. The molecule has 110 valence electrons. The highest BCUT2D eigenvalue weighted by Crippen LogP contribution is 2.15. The van der Waals surface area contributed by atoms with Gasteiger partial charge in [0.2, 0.25) is 5.91 Å². The minimum Gasteiger partial charge on any atom is -0.362 e. The summed E-state index contributed by atoms with van der Waals surface area (Å²) in [5.41, 5.74) is 0. The third-order valence-corrected chi connectivity index (χ3v) is 3.56. The number of carbonyl (C=O) groups is 1. The maximum absolute atomic E-state index is 11.4. The Morgan fingerprint density at radius 1 is 1.25 bits per heavy atom. The zero-order valence-electron chi connectivity index (χ0n) is 11.8. The van der Waals surface area contributed by atoms with Crippen LogP contribution in [0.3, 0.4) is 0 Å². The molecule has 1 aromatic carbocycles. The number of thiocarbonyl (C=S) groups is 1.